The molecule has 0 saturated heterocycles. The van der Waals surface area contributed by atoms with Crippen LogP contribution in [0.25, 0.3) is 0 Å². The van der Waals surface area contributed by atoms with Gasteiger partial charge in [-0.05, 0) is 54.7 Å². The fourth-order valence-electron chi connectivity index (χ4n) is 3.67. The van der Waals surface area contributed by atoms with Gasteiger partial charge in [0.05, 0.1) is 18.7 Å². The molecule has 0 atom stereocenters. The molecule has 1 N–H and O–H groups in total. The summed E-state index contributed by atoms with van der Waals surface area (Å²) in [5.74, 6) is -1.18. The Labute approximate surface area is 215 Å². The lowest BCUT2D eigenvalue weighted by atomic mass is 10.1. The van der Waals surface area contributed by atoms with Crippen LogP contribution in [0.15, 0.2) is 61.2 Å². The molecule has 0 saturated carbocycles. The van der Waals surface area contributed by atoms with Crippen molar-refractivity contribution in [1.82, 2.24) is 5.06 Å². The van der Waals surface area contributed by atoms with Gasteiger partial charge in [-0.1, -0.05) is 56.0 Å². The molecule has 0 aliphatic carbocycles. The predicted octanol–water partition coefficient (Wildman–Crippen LogP) is 6.61. The van der Waals surface area contributed by atoms with Crippen molar-refractivity contribution >= 4 is 23.9 Å². The third kappa shape index (κ3) is 11.9. The van der Waals surface area contributed by atoms with Gasteiger partial charge >= 0.3 is 12.1 Å². The summed E-state index contributed by atoms with van der Waals surface area (Å²) in [6.07, 6.45) is 5.42. The Morgan fingerprint density at radius 3 is 1.95 bits per heavy atom. The summed E-state index contributed by atoms with van der Waals surface area (Å²) < 4.78 is 38.4. The number of alkyl halides is 3. The molecule has 6 nitrogen and oxygen atoms in total. The Kier molecular flexibility index (Phi) is 12.6. The molecule has 0 aliphatic heterocycles. The number of hydrogen-bond acceptors (Lipinski definition) is 5. The third-order valence-corrected chi connectivity index (χ3v) is 5.61. The summed E-state index contributed by atoms with van der Waals surface area (Å²) in [6.45, 7) is 3.77. The molecule has 1 amide bonds. The molecule has 0 fully saturated rings. The first-order chi connectivity index (χ1) is 17.7. The van der Waals surface area contributed by atoms with Crippen LogP contribution < -0.4 is 5.32 Å². The first kappa shape index (κ1) is 29.8. The monoisotopic (exact) mass is 518 g/mol. The number of rotatable bonds is 16. The number of unbranched alkanes of at least 4 members (excludes halogenated alkanes) is 6. The molecule has 0 heterocycles. The Bertz CT molecular complexity index is 1010. The summed E-state index contributed by atoms with van der Waals surface area (Å²) in [4.78, 5) is 39.5. The highest BCUT2D eigenvalue weighted by Crippen LogP contribution is 2.29. The van der Waals surface area contributed by atoms with Crippen molar-refractivity contribution in [3.05, 3.63) is 77.9 Å². The SMILES string of the molecule is C=CCCCCCCCCC(=O)Nc1ccc(CN(Cc2ccc(C(F)(F)F)cc2)OC(=O)C=O)cc1. The molecular formula is C28H33F3N2O4. The molecule has 2 aromatic carbocycles. The lowest BCUT2D eigenvalue weighted by Crippen LogP contribution is -2.27. The van der Waals surface area contributed by atoms with Crippen molar-refractivity contribution in [1.29, 1.82) is 0 Å². The van der Waals surface area contributed by atoms with Crippen molar-refractivity contribution in [3.63, 3.8) is 0 Å². The maximum Gasteiger partial charge on any atom is 0.416 e. The first-order valence-electron chi connectivity index (χ1n) is 12.3. The maximum absolute atomic E-state index is 12.8. The van der Waals surface area contributed by atoms with Gasteiger partial charge in [-0.3, -0.25) is 9.59 Å². The second kappa shape index (κ2) is 15.6. The minimum absolute atomic E-state index is 0.0152. The summed E-state index contributed by atoms with van der Waals surface area (Å²) in [7, 11) is 0. The molecule has 0 aromatic heterocycles. The Morgan fingerprint density at radius 1 is 0.865 bits per heavy atom. The number of halogens is 3. The van der Waals surface area contributed by atoms with Crippen LogP contribution >= 0.6 is 0 Å². The number of carbonyl (C=O) groups excluding carboxylic acids is 3. The number of allylic oxidation sites excluding steroid dienone is 1. The molecule has 2 aromatic rings. The fraction of sp³-hybridized carbons (Fsp3) is 0.393. The number of hydrogen-bond donors (Lipinski definition) is 1. The number of carbonyl (C=O) groups is 3. The Balaban J connectivity index is 1.85. The van der Waals surface area contributed by atoms with E-state index in [0.29, 0.717) is 23.2 Å². The number of anilines is 1. The number of hydroxylamine groups is 2. The largest absolute Gasteiger partial charge is 0.416 e. The van der Waals surface area contributed by atoms with Crippen LogP contribution in [0, 0.1) is 0 Å². The average molecular weight is 519 g/mol. The Hall–Kier alpha value is -3.46. The second-order valence-electron chi connectivity index (χ2n) is 8.71. The zero-order chi connectivity index (χ0) is 27.1. The molecule has 0 spiro atoms. The van der Waals surface area contributed by atoms with Crippen LogP contribution in [0.4, 0.5) is 18.9 Å². The highest BCUT2D eigenvalue weighted by Gasteiger charge is 2.30. The highest BCUT2D eigenvalue weighted by molar-refractivity contribution is 6.20. The smallest absolute Gasteiger partial charge is 0.361 e. The van der Waals surface area contributed by atoms with Gasteiger partial charge in [-0.15, -0.1) is 11.6 Å². The van der Waals surface area contributed by atoms with Gasteiger partial charge in [0.15, 0.2) is 0 Å². The van der Waals surface area contributed by atoms with Crippen LogP contribution in [0.2, 0.25) is 0 Å². The molecule has 37 heavy (non-hydrogen) atoms. The number of aldehydes is 1. The van der Waals surface area contributed by atoms with Crippen molar-refractivity contribution in [2.45, 2.75) is 70.6 Å². The summed E-state index contributed by atoms with van der Waals surface area (Å²) in [5.41, 5.74) is 1.01. The Morgan fingerprint density at radius 2 is 1.41 bits per heavy atom. The van der Waals surface area contributed by atoms with E-state index in [2.05, 4.69) is 11.9 Å². The van der Waals surface area contributed by atoms with E-state index in [-0.39, 0.29) is 25.3 Å². The topological polar surface area (TPSA) is 75.7 Å². The maximum atomic E-state index is 12.8. The molecule has 0 unspecified atom stereocenters. The van der Waals surface area contributed by atoms with Gasteiger partial charge in [-0.25, -0.2) is 4.79 Å². The van der Waals surface area contributed by atoms with Gasteiger partial charge in [0.1, 0.15) is 0 Å². The normalized spacial score (nSPS) is 11.2. The van der Waals surface area contributed by atoms with E-state index in [1.54, 1.807) is 24.3 Å². The third-order valence-electron chi connectivity index (χ3n) is 5.61. The van der Waals surface area contributed by atoms with Crippen LogP contribution in [-0.4, -0.2) is 23.2 Å². The second-order valence-corrected chi connectivity index (χ2v) is 8.71. The number of benzene rings is 2. The molecular weight excluding hydrogens is 485 g/mol. The predicted molar refractivity (Wildman–Crippen MR) is 135 cm³/mol. The highest BCUT2D eigenvalue weighted by atomic mass is 19.4. The average Bonchev–Trinajstić information content (AvgIpc) is 2.86. The van der Waals surface area contributed by atoms with E-state index in [1.165, 1.54) is 23.6 Å². The van der Waals surface area contributed by atoms with Gasteiger partial charge in [0, 0.05) is 12.1 Å². The quantitative estimate of drug-likeness (QED) is 0.0890. The van der Waals surface area contributed by atoms with E-state index in [9.17, 15) is 27.6 Å². The standard InChI is InChI=1S/C28H33F3N2O4/c1-2-3-4-5-6-7-8-9-10-26(35)32-25-17-13-23(14-18-25)20-33(37-27(36)21-34)19-22-11-15-24(16-12-22)28(29,30)31/h2,11-18,21H,1,3-10,19-20H2,(H,32,35). The number of nitrogens with zero attached hydrogens (tertiary/aromatic N) is 1. The van der Waals surface area contributed by atoms with Crippen molar-refractivity contribution in [2.24, 2.45) is 0 Å². The lowest BCUT2D eigenvalue weighted by molar-refractivity contribution is -0.195. The molecule has 0 aliphatic rings. The van der Waals surface area contributed by atoms with E-state index in [0.717, 1.165) is 50.7 Å². The lowest BCUT2D eigenvalue weighted by Gasteiger charge is -2.20. The zero-order valence-corrected chi connectivity index (χ0v) is 20.8. The number of nitrogens with one attached hydrogen (secondary N) is 1. The zero-order valence-electron chi connectivity index (χ0n) is 20.8. The molecule has 2 rings (SSSR count). The van der Waals surface area contributed by atoms with Gasteiger partial charge in [0.2, 0.25) is 12.2 Å². The van der Waals surface area contributed by atoms with Crippen molar-refractivity contribution in [3.8, 4) is 0 Å². The molecule has 9 heteroatoms. The molecule has 0 bridgehead atoms. The van der Waals surface area contributed by atoms with Gasteiger partial charge in [0.25, 0.3) is 0 Å². The molecule has 200 valence electrons. The van der Waals surface area contributed by atoms with Gasteiger partial charge < -0.3 is 10.2 Å². The fourth-order valence-corrected chi connectivity index (χ4v) is 3.67. The van der Waals surface area contributed by atoms with Crippen LogP contribution in [-0.2, 0) is 38.5 Å². The minimum Gasteiger partial charge on any atom is -0.361 e. The van der Waals surface area contributed by atoms with Crippen LogP contribution in [0.1, 0.15) is 68.1 Å². The summed E-state index contributed by atoms with van der Waals surface area (Å²) in [5, 5.41) is 4.04. The van der Waals surface area contributed by atoms with E-state index in [4.69, 9.17) is 4.84 Å². The van der Waals surface area contributed by atoms with Crippen molar-refractivity contribution in [2.75, 3.05) is 5.32 Å². The van der Waals surface area contributed by atoms with E-state index in [1.807, 2.05) is 6.08 Å². The summed E-state index contributed by atoms with van der Waals surface area (Å²) >= 11 is 0. The van der Waals surface area contributed by atoms with Gasteiger partial charge in [-0.2, -0.15) is 13.2 Å². The first-order valence-corrected chi connectivity index (χ1v) is 12.3. The molecule has 0 radical (unpaired) electrons. The van der Waals surface area contributed by atoms with Crippen LogP contribution in [0.5, 0.6) is 0 Å². The minimum atomic E-state index is -4.45. The number of amides is 1. The van der Waals surface area contributed by atoms with Crippen molar-refractivity contribution < 1.29 is 32.4 Å². The summed E-state index contributed by atoms with van der Waals surface area (Å²) in [6, 6.07) is 11.3. The van der Waals surface area contributed by atoms with E-state index < -0.39 is 17.7 Å². The van der Waals surface area contributed by atoms with E-state index >= 15 is 0 Å². The van der Waals surface area contributed by atoms with Crippen LogP contribution in [0.3, 0.4) is 0 Å².